The SMILES string of the molecule is CO[C@@H]1[C@H](OC(=O)N2CC(C(=O)O)C2)CC[C@]2(CO2)[C@H]1[C@@]1(C)OC1CC=C(C)C. The maximum Gasteiger partial charge on any atom is 0.410 e. The monoisotopic (exact) mass is 409 g/mol. The van der Waals surface area contributed by atoms with Gasteiger partial charge in [0, 0.05) is 20.2 Å². The molecule has 3 saturated heterocycles. The van der Waals surface area contributed by atoms with E-state index in [2.05, 4.69) is 26.8 Å². The summed E-state index contributed by atoms with van der Waals surface area (Å²) in [5.74, 6) is -1.40. The molecule has 8 nitrogen and oxygen atoms in total. The lowest BCUT2D eigenvalue weighted by molar-refractivity contribution is -0.148. The Kier molecular flexibility index (Phi) is 5.16. The number of allylic oxidation sites excluding steroid dienone is 1. The van der Waals surface area contributed by atoms with E-state index in [0.717, 1.165) is 12.8 Å². The molecule has 4 fully saturated rings. The van der Waals surface area contributed by atoms with Crippen molar-refractivity contribution in [3.63, 3.8) is 0 Å². The third-order valence-electron chi connectivity index (χ3n) is 6.98. The molecule has 0 aromatic rings. The molecule has 4 rings (SSSR count). The van der Waals surface area contributed by atoms with Crippen LogP contribution in [0.1, 0.15) is 40.0 Å². The van der Waals surface area contributed by atoms with Crippen molar-refractivity contribution in [3.8, 4) is 0 Å². The number of carboxylic acids is 1. The number of epoxide rings is 2. The molecule has 0 aromatic heterocycles. The summed E-state index contributed by atoms with van der Waals surface area (Å²) in [5, 5.41) is 9.00. The van der Waals surface area contributed by atoms with Gasteiger partial charge in [0.25, 0.3) is 0 Å². The van der Waals surface area contributed by atoms with E-state index in [1.54, 1.807) is 7.11 Å². The van der Waals surface area contributed by atoms with Gasteiger partial charge in [-0.2, -0.15) is 0 Å². The molecular formula is C21H31NO7. The van der Waals surface area contributed by atoms with Gasteiger partial charge in [0.15, 0.2) is 0 Å². The van der Waals surface area contributed by atoms with Gasteiger partial charge in [0.1, 0.15) is 23.4 Å². The Bertz CT molecular complexity index is 708. The molecule has 4 aliphatic rings. The van der Waals surface area contributed by atoms with Crippen LogP contribution in [-0.4, -0.2) is 78.4 Å². The zero-order valence-electron chi connectivity index (χ0n) is 17.6. The van der Waals surface area contributed by atoms with Gasteiger partial charge in [0.05, 0.1) is 24.5 Å². The Balaban J connectivity index is 1.44. The van der Waals surface area contributed by atoms with E-state index in [9.17, 15) is 9.59 Å². The smallest absolute Gasteiger partial charge is 0.410 e. The summed E-state index contributed by atoms with van der Waals surface area (Å²) in [7, 11) is 1.64. The molecule has 6 atom stereocenters. The Morgan fingerprint density at radius 2 is 2.00 bits per heavy atom. The fourth-order valence-corrected chi connectivity index (χ4v) is 5.06. The summed E-state index contributed by atoms with van der Waals surface area (Å²) in [4.78, 5) is 24.9. The predicted molar refractivity (Wildman–Crippen MR) is 102 cm³/mol. The third kappa shape index (κ3) is 3.66. The molecule has 1 aliphatic carbocycles. The Morgan fingerprint density at radius 3 is 2.55 bits per heavy atom. The summed E-state index contributed by atoms with van der Waals surface area (Å²) < 4.78 is 23.7. The quantitative estimate of drug-likeness (QED) is 0.530. The minimum Gasteiger partial charge on any atom is -0.481 e. The van der Waals surface area contributed by atoms with Crippen LogP contribution < -0.4 is 0 Å². The summed E-state index contributed by atoms with van der Waals surface area (Å²) in [6.07, 6.45) is 3.38. The number of likely N-dealkylation sites (tertiary alicyclic amines) is 1. The van der Waals surface area contributed by atoms with Crippen LogP contribution in [0.2, 0.25) is 0 Å². The molecule has 0 aromatic carbocycles. The number of carboxylic acid groups (broad SMARTS) is 1. The number of amides is 1. The molecule has 3 heterocycles. The van der Waals surface area contributed by atoms with Crippen molar-refractivity contribution < 1.29 is 33.6 Å². The van der Waals surface area contributed by atoms with Crippen LogP contribution in [0.5, 0.6) is 0 Å². The van der Waals surface area contributed by atoms with Crippen molar-refractivity contribution in [2.45, 2.75) is 69.5 Å². The number of ether oxygens (including phenoxy) is 4. The number of aliphatic carboxylic acids is 1. The molecule has 162 valence electrons. The first-order valence-electron chi connectivity index (χ1n) is 10.4. The Hall–Kier alpha value is -1.64. The minimum atomic E-state index is -0.879. The standard InChI is InChI=1S/C21H31NO7/c1-12(2)5-6-15-20(3,29-15)17-16(26-4)14(7-8-21(17)11-27-21)28-19(25)22-9-13(10-22)18(23)24/h5,13-17H,6-11H2,1-4H3,(H,23,24)/t14-,15?,16-,17-,20+,21+/m1/s1. The second kappa shape index (κ2) is 7.25. The number of hydrogen-bond donors (Lipinski definition) is 1. The van der Waals surface area contributed by atoms with Gasteiger partial charge in [0.2, 0.25) is 0 Å². The maximum absolute atomic E-state index is 12.5. The molecular weight excluding hydrogens is 378 g/mol. The van der Waals surface area contributed by atoms with Crippen molar-refractivity contribution in [3.05, 3.63) is 11.6 Å². The minimum absolute atomic E-state index is 0.0229. The molecule has 3 aliphatic heterocycles. The molecule has 8 heteroatoms. The van der Waals surface area contributed by atoms with E-state index >= 15 is 0 Å². The highest BCUT2D eigenvalue weighted by Crippen LogP contribution is 2.59. The van der Waals surface area contributed by atoms with E-state index in [0.29, 0.717) is 13.0 Å². The molecule has 1 saturated carbocycles. The first-order chi connectivity index (χ1) is 13.7. The second-order valence-corrected chi connectivity index (χ2v) is 9.24. The molecule has 1 unspecified atom stereocenters. The van der Waals surface area contributed by atoms with Gasteiger partial charge in [-0.15, -0.1) is 0 Å². The van der Waals surface area contributed by atoms with Gasteiger partial charge in [-0.3, -0.25) is 4.79 Å². The van der Waals surface area contributed by atoms with Crippen molar-refractivity contribution in [1.29, 1.82) is 0 Å². The zero-order chi connectivity index (χ0) is 21.0. The molecule has 1 amide bonds. The highest BCUT2D eigenvalue weighted by molar-refractivity contribution is 5.76. The largest absolute Gasteiger partial charge is 0.481 e. The lowest BCUT2D eigenvalue weighted by Crippen LogP contribution is -2.58. The maximum atomic E-state index is 12.5. The lowest BCUT2D eigenvalue weighted by atomic mass is 9.68. The molecule has 1 N–H and O–H groups in total. The Labute approximate surface area is 171 Å². The number of rotatable bonds is 6. The highest BCUT2D eigenvalue weighted by Gasteiger charge is 2.72. The van der Waals surface area contributed by atoms with Crippen LogP contribution in [0.4, 0.5) is 4.79 Å². The lowest BCUT2D eigenvalue weighted by Gasteiger charge is -2.44. The highest BCUT2D eigenvalue weighted by atomic mass is 16.6. The van der Waals surface area contributed by atoms with Crippen LogP contribution in [-0.2, 0) is 23.7 Å². The van der Waals surface area contributed by atoms with Gasteiger partial charge in [-0.25, -0.2) is 4.79 Å². The predicted octanol–water partition coefficient (Wildman–Crippen LogP) is 2.22. The van der Waals surface area contributed by atoms with E-state index in [-0.39, 0.29) is 42.4 Å². The van der Waals surface area contributed by atoms with E-state index in [1.807, 2.05) is 0 Å². The third-order valence-corrected chi connectivity index (χ3v) is 6.98. The average Bonchev–Trinajstić information content (AvgIpc) is 3.51. The van der Waals surface area contributed by atoms with E-state index in [4.69, 9.17) is 24.1 Å². The first-order valence-corrected chi connectivity index (χ1v) is 10.4. The van der Waals surface area contributed by atoms with Gasteiger partial charge in [-0.05, 0) is 40.0 Å². The van der Waals surface area contributed by atoms with Crippen LogP contribution in [0.15, 0.2) is 11.6 Å². The van der Waals surface area contributed by atoms with Gasteiger partial charge >= 0.3 is 12.1 Å². The number of hydrogen-bond acceptors (Lipinski definition) is 6. The molecule has 0 radical (unpaired) electrons. The first kappa shape index (κ1) is 20.6. The topological polar surface area (TPSA) is 101 Å². The van der Waals surface area contributed by atoms with Crippen LogP contribution in [0.3, 0.4) is 0 Å². The number of carbonyl (C=O) groups is 2. The van der Waals surface area contributed by atoms with Gasteiger partial charge < -0.3 is 29.0 Å². The number of methoxy groups -OCH3 is 1. The van der Waals surface area contributed by atoms with Crippen molar-refractivity contribution in [2.75, 3.05) is 26.8 Å². The fraction of sp³-hybridized carbons (Fsp3) is 0.810. The van der Waals surface area contributed by atoms with Crippen LogP contribution in [0.25, 0.3) is 0 Å². The van der Waals surface area contributed by atoms with Crippen LogP contribution >= 0.6 is 0 Å². The fourth-order valence-electron chi connectivity index (χ4n) is 5.06. The number of nitrogens with zero attached hydrogens (tertiary/aromatic N) is 1. The molecule has 0 bridgehead atoms. The van der Waals surface area contributed by atoms with Gasteiger partial charge in [-0.1, -0.05) is 11.6 Å². The van der Waals surface area contributed by atoms with Crippen molar-refractivity contribution in [1.82, 2.24) is 4.90 Å². The van der Waals surface area contributed by atoms with Crippen molar-refractivity contribution >= 4 is 12.1 Å². The zero-order valence-corrected chi connectivity index (χ0v) is 17.6. The van der Waals surface area contributed by atoms with Crippen LogP contribution in [0, 0.1) is 11.8 Å². The summed E-state index contributed by atoms with van der Waals surface area (Å²) in [6, 6.07) is 0. The summed E-state index contributed by atoms with van der Waals surface area (Å²) in [6.45, 7) is 7.32. The average molecular weight is 409 g/mol. The van der Waals surface area contributed by atoms with E-state index in [1.165, 1.54) is 10.5 Å². The van der Waals surface area contributed by atoms with Crippen molar-refractivity contribution in [2.24, 2.45) is 11.8 Å². The molecule has 29 heavy (non-hydrogen) atoms. The second-order valence-electron chi connectivity index (χ2n) is 9.24. The summed E-state index contributed by atoms with van der Waals surface area (Å²) >= 11 is 0. The summed E-state index contributed by atoms with van der Waals surface area (Å²) in [5.41, 5.74) is 0.621. The molecule has 1 spiro atoms. The normalized spacial score (nSPS) is 40.9. The van der Waals surface area contributed by atoms with E-state index < -0.39 is 24.1 Å². The Morgan fingerprint density at radius 1 is 1.31 bits per heavy atom. The number of carbonyl (C=O) groups excluding carboxylic acids is 1.